The van der Waals surface area contributed by atoms with Crippen LogP contribution in [-0.2, 0) is 27.6 Å². The van der Waals surface area contributed by atoms with Gasteiger partial charge in [-0.3, -0.25) is 9.59 Å². The van der Waals surface area contributed by atoms with E-state index in [1.54, 1.807) is 24.3 Å². The van der Waals surface area contributed by atoms with Gasteiger partial charge in [-0.15, -0.1) is 10.1 Å². The molecule has 0 heterocycles. The van der Waals surface area contributed by atoms with Crippen LogP contribution in [0, 0.1) is 22.0 Å². The van der Waals surface area contributed by atoms with Crippen LogP contribution in [-0.4, -0.2) is 39.2 Å². The smallest absolute Gasteiger partial charge is 0.294 e. The zero-order valence-corrected chi connectivity index (χ0v) is 23.3. The lowest BCUT2D eigenvalue weighted by Gasteiger charge is -2.22. The van der Waals surface area contributed by atoms with E-state index in [1.807, 2.05) is 12.2 Å². The maximum Gasteiger partial charge on any atom is 0.294 e. The molecule has 0 unspecified atom stereocenters. The zero-order chi connectivity index (χ0) is 28.5. The van der Waals surface area contributed by atoms with Crippen LogP contribution in [0.25, 0.3) is 0 Å². The zero-order valence-electron chi connectivity index (χ0n) is 23.3. The monoisotopic (exact) mass is 546 g/mol. The lowest BCUT2D eigenvalue weighted by molar-refractivity contribution is -0.763. The number of hydrogen-bond acceptors (Lipinski definition) is 7. The molecule has 0 saturated heterocycles. The third-order valence-corrected chi connectivity index (χ3v) is 7.61. The van der Waals surface area contributed by atoms with Crippen LogP contribution >= 0.6 is 0 Å². The van der Waals surface area contributed by atoms with E-state index in [1.165, 1.54) is 19.3 Å². The minimum atomic E-state index is -0.837. The molecule has 9 heteroatoms. The Kier molecular flexibility index (Phi) is 15.4. The predicted molar refractivity (Wildman–Crippen MR) is 149 cm³/mol. The van der Waals surface area contributed by atoms with Crippen LogP contribution in [0.3, 0.4) is 0 Å². The van der Waals surface area contributed by atoms with E-state index in [0.717, 1.165) is 18.4 Å². The van der Waals surface area contributed by atoms with E-state index < -0.39 is 17.3 Å². The maximum atomic E-state index is 12.3. The van der Waals surface area contributed by atoms with Gasteiger partial charge in [-0.1, -0.05) is 69.0 Å². The van der Waals surface area contributed by atoms with Crippen LogP contribution in [0.15, 0.2) is 36.4 Å². The van der Waals surface area contributed by atoms with Gasteiger partial charge in [0.05, 0.1) is 12.2 Å². The topological polar surface area (TPSA) is 139 Å². The Hall–Kier alpha value is -2.78. The highest BCUT2D eigenvalue weighted by molar-refractivity contribution is 5.78. The number of carbonyl (C=O) groups excluding carboxylic acids is 2. The standard InChI is InChI=1S/C30H46N2O7/c1-2-3-4-5-8-15-25(33)18-19-27-26(28(34)20-29(27)35)16-9-6-7-10-17-30(36)31-21-23-13-11-12-14-24(23)22-39-32(37)38/h6,9,11-14,26-29,34-35H,2-5,7-8,10,15-22H2,1H3,(H,31,36)/t26-,27-,28+,29-/m1/s1. The maximum absolute atomic E-state index is 12.3. The van der Waals surface area contributed by atoms with E-state index >= 15 is 0 Å². The largest absolute Gasteiger partial charge is 0.393 e. The number of carbonyl (C=O) groups is 2. The quantitative estimate of drug-likeness (QED) is 0.0884. The first kappa shape index (κ1) is 32.4. The molecular weight excluding hydrogens is 500 g/mol. The Labute approximate surface area is 232 Å². The Morgan fingerprint density at radius 2 is 1.72 bits per heavy atom. The molecule has 0 aliphatic heterocycles. The molecule has 0 bridgehead atoms. The molecule has 1 amide bonds. The lowest BCUT2D eigenvalue weighted by Crippen LogP contribution is -2.23. The average Bonchev–Trinajstić information content (AvgIpc) is 3.18. The third-order valence-electron chi connectivity index (χ3n) is 7.61. The van der Waals surface area contributed by atoms with Crippen molar-refractivity contribution in [3.63, 3.8) is 0 Å². The molecule has 0 spiro atoms. The highest BCUT2D eigenvalue weighted by atomic mass is 16.9. The second-order valence-electron chi connectivity index (χ2n) is 10.6. The molecular formula is C30H46N2O7. The van der Waals surface area contributed by atoms with Gasteiger partial charge in [-0.05, 0) is 61.5 Å². The molecule has 1 saturated carbocycles. The van der Waals surface area contributed by atoms with Crippen LogP contribution in [0.2, 0.25) is 0 Å². The van der Waals surface area contributed by atoms with Crippen molar-refractivity contribution in [1.82, 2.24) is 5.32 Å². The van der Waals surface area contributed by atoms with Crippen molar-refractivity contribution in [2.24, 2.45) is 11.8 Å². The molecule has 39 heavy (non-hydrogen) atoms. The van der Waals surface area contributed by atoms with E-state index in [0.29, 0.717) is 56.9 Å². The summed E-state index contributed by atoms with van der Waals surface area (Å²) in [4.78, 5) is 39.4. The molecule has 3 N–H and O–H groups in total. The number of ketones is 1. The number of amides is 1. The lowest BCUT2D eigenvalue weighted by atomic mass is 9.86. The molecule has 0 aromatic heterocycles. The van der Waals surface area contributed by atoms with Gasteiger partial charge >= 0.3 is 0 Å². The van der Waals surface area contributed by atoms with Crippen molar-refractivity contribution in [3.05, 3.63) is 57.7 Å². The molecule has 1 fully saturated rings. The van der Waals surface area contributed by atoms with Gasteiger partial charge in [0, 0.05) is 25.8 Å². The second kappa shape index (κ2) is 18.5. The normalized spacial score (nSPS) is 20.8. The fourth-order valence-corrected chi connectivity index (χ4v) is 5.31. The van der Waals surface area contributed by atoms with Crippen LogP contribution in [0.1, 0.15) is 102 Å². The van der Waals surface area contributed by atoms with Crippen molar-refractivity contribution in [2.45, 2.75) is 116 Å². The van der Waals surface area contributed by atoms with Crippen molar-refractivity contribution < 1.29 is 29.7 Å². The van der Waals surface area contributed by atoms with Gasteiger partial charge in [-0.2, -0.15) is 0 Å². The Morgan fingerprint density at radius 1 is 1.00 bits per heavy atom. The van der Waals surface area contributed by atoms with E-state index in [2.05, 4.69) is 17.1 Å². The van der Waals surface area contributed by atoms with E-state index in [9.17, 15) is 29.9 Å². The summed E-state index contributed by atoms with van der Waals surface area (Å²) in [6.07, 6.45) is 12.9. The Balaban J connectivity index is 1.66. The van der Waals surface area contributed by atoms with Crippen molar-refractivity contribution in [1.29, 1.82) is 0 Å². The number of Topliss-reactive ketones (excluding diaryl/α,β-unsaturated/α-hetero) is 1. The van der Waals surface area contributed by atoms with Gasteiger partial charge in [0.25, 0.3) is 5.09 Å². The highest BCUT2D eigenvalue weighted by Gasteiger charge is 2.40. The van der Waals surface area contributed by atoms with Crippen LogP contribution in [0.5, 0.6) is 0 Å². The summed E-state index contributed by atoms with van der Waals surface area (Å²) in [7, 11) is 0. The number of aliphatic hydroxyl groups excluding tert-OH is 2. The Morgan fingerprint density at radius 3 is 2.46 bits per heavy atom. The van der Waals surface area contributed by atoms with Gasteiger partial charge in [0.2, 0.25) is 5.91 Å². The number of benzene rings is 1. The van der Waals surface area contributed by atoms with Crippen molar-refractivity contribution in [2.75, 3.05) is 0 Å². The highest BCUT2D eigenvalue weighted by Crippen LogP contribution is 2.38. The molecule has 1 aliphatic carbocycles. The fourth-order valence-electron chi connectivity index (χ4n) is 5.31. The van der Waals surface area contributed by atoms with Crippen molar-refractivity contribution in [3.8, 4) is 0 Å². The van der Waals surface area contributed by atoms with E-state index in [-0.39, 0.29) is 36.7 Å². The first-order chi connectivity index (χ1) is 18.8. The van der Waals surface area contributed by atoms with Gasteiger partial charge in [0.15, 0.2) is 0 Å². The number of aliphatic hydroxyl groups is 2. The number of rotatable bonds is 20. The SMILES string of the molecule is CCCCCCCC(=O)CC[C@@H]1[C@@H](CC=CCCCC(=O)NCc2ccccc2CO[N+](=O)[O-])[C@@H](O)C[C@H]1O. The van der Waals surface area contributed by atoms with E-state index in [4.69, 9.17) is 0 Å². The molecule has 1 aliphatic rings. The summed E-state index contributed by atoms with van der Waals surface area (Å²) in [5, 5.41) is 33.4. The summed E-state index contributed by atoms with van der Waals surface area (Å²) >= 11 is 0. The minimum absolute atomic E-state index is 0.0590. The summed E-state index contributed by atoms with van der Waals surface area (Å²) in [5.41, 5.74) is 1.43. The molecule has 9 nitrogen and oxygen atoms in total. The Bertz CT molecular complexity index is 920. The van der Waals surface area contributed by atoms with Gasteiger partial charge < -0.3 is 20.4 Å². The molecule has 218 valence electrons. The average molecular weight is 547 g/mol. The summed E-state index contributed by atoms with van der Waals surface area (Å²) in [6.45, 7) is 2.29. The molecule has 0 radical (unpaired) electrons. The molecule has 1 aromatic carbocycles. The number of nitrogens with one attached hydrogen (secondary N) is 1. The fraction of sp³-hybridized carbons (Fsp3) is 0.667. The van der Waals surface area contributed by atoms with Gasteiger partial charge in [0.1, 0.15) is 12.4 Å². The van der Waals surface area contributed by atoms with Crippen LogP contribution in [0.4, 0.5) is 0 Å². The first-order valence-electron chi connectivity index (χ1n) is 14.4. The number of allylic oxidation sites excluding steroid dienone is 2. The molecule has 1 aromatic rings. The van der Waals surface area contributed by atoms with Crippen molar-refractivity contribution >= 4 is 11.7 Å². The number of hydrogen-bond donors (Lipinski definition) is 3. The predicted octanol–water partition coefficient (Wildman–Crippen LogP) is 5.20. The summed E-state index contributed by atoms with van der Waals surface area (Å²) < 4.78 is 0. The summed E-state index contributed by atoms with van der Waals surface area (Å²) in [5.74, 6) is 0.0215. The first-order valence-corrected chi connectivity index (χ1v) is 14.4. The minimum Gasteiger partial charge on any atom is -0.393 e. The molecule has 2 rings (SSSR count). The third kappa shape index (κ3) is 12.7. The number of unbranched alkanes of at least 4 members (excludes halogenated alkanes) is 5. The summed E-state index contributed by atoms with van der Waals surface area (Å²) in [6, 6.07) is 7.10. The van der Waals surface area contributed by atoms with Gasteiger partial charge in [-0.25, -0.2) is 0 Å². The van der Waals surface area contributed by atoms with Crippen LogP contribution < -0.4 is 5.32 Å². The second-order valence-corrected chi connectivity index (χ2v) is 10.6. The number of nitrogens with zero attached hydrogens (tertiary/aromatic N) is 1. The molecule has 4 atom stereocenters.